The van der Waals surface area contributed by atoms with Gasteiger partial charge in [-0.1, -0.05) is 12.1 Å². The zero-order chi connectivity index (χ0) is 21.3. The van der Waals surface area contributed by atoms with Crippen LogP contribution in [0, 0.1) is 0 Å². The molecule has 8 heteroatoms. The Hall–Kier alpha value is -3.78. The number of anilines is 1. The molecule has 0 saturated carbocycles. The lowest BCUT2D eigenvalue weighted by Gasteiger charge is -2.14. The predicted octanol–water partition coefficient (Wildman–Crippen LogP) is 3.60. The van der Waals surface area contributed by atoms with E-state index in [9.17, 15) is 19.2 Å². The minimum absolute atomic E-state index is 0.0846. The molecule has 0 saturated heterocycles. The third-order valence-corrected chi connectivity index (χ3v) is 5.48. The van der Waals surface area contributed by atoms with Crippen LogP contribution in [0.15, 0.2) is 60.0 Å². The third kappa shape index (κ3) is 3.48. The summed E-state index contributed by atoms with van der Waals surface area (Å²) in [6, 6.07) is 14.1. The number of nitrogens with zero attached hydrogens (tertiary/aromatic N) is 1. The highest BCUT2D eigenvalue weighted by Gasteiger charge is 2.37. The molecule has 1 aliphatic rings. The Balaban J connectivity index is 1.54. The van der Waals surface area contributed by atoms with E-state index in [1.165, 1.54) is 36.6 Å². The number of thiophene rings is 1. The number of carbonyl (C=O) groups is 4. The fourth-order valence-corrected chi connectivity index (χ4v) is 3.73. The average Bonchev–Trinajstić information content (AvgIpc) is 3.39. The highest BCUT2D eigenvalue weighted by Crippen LogP contribution is 2.31. The molecule has 1 aliphatic heterocycles. The summed E-state index contributed by atoms with van der Waals surface area (Å²) in [5.41, 5.74) is 0.739. The number of Topliss-reactive ketones (excluding diaryl/α,β-unsaturated/α-hetero) is 1. The van der Waals surface area contributed by atoms with Crippen LogP contribution in [-0.4, -0.2) is 37.3 Å². The number of esters is 1. The van der Waals surface area contributed by atoms with E-state index in [1.54, 1.807) is 41.8 Å². The molecule has 0 radical (unpaired) electrons. The molecule has 7 nitrogen and oxygen atoms in total. The van der Waals surface area contributed by atoms with Crippen LogP contribution in [0.3, 0.4) is 0 Å². The molecule has 0 N–H and O–H groups in total. The van der Waals surface area contributed by atoms with Crippen LogP contribution in [0.5, 0.6) is 5.75 Å². The number of hydrogen-bond acceptors (Lipinski definition) is 7. The third-order valence-electron chi connectivity index (χ3n) is 4.56. The van der Waals surface area contributed by atoms with Gasteiger partial charge in [0.2, 0.25) is 5.78 Å². The summed E-state index contributed by atoms with van der Waals surface area (Å²) in [7, 11) is 1.49. The van der Waals surface area contributed by atoms with Gasteiger partial charge in [0.05, 0.1) is 34.4 Å². The van der Waals surface area contributed by atoms with Crippen molar-refractivity contribution in [1.82, 2.24) is 0 Å². The normalized spacial score (nSPS) is 12.6. The van der Waals surface area contributed by atoms with E-state index in [4.69, 9.17) is 9.47 Å². The molecule has 2 heterocycles. The first-order valence-electron chi connectivity index (χ1n) is 8.90. The zero-order valence-electron chi connectivity index (χ0n) is 15.8. The monoisotopic (exact) mass is 421 g/mol. The van der Waals surface area contributed by atoms with Crippen LogP contribution in [0.1, 0.15) is 40.7 Å². The number of fused-ring (bicyclic) bond motifs is 1. The van der Waals surface area contributed by atoms with Gasteiger partial charge in [0.15, 0.2) is 6.61 Å². The van der Waals surface area contributed by atoms with E-state index < -0.39 is 24.4 Å². The summed E-state index contributed by atoms with van der Waals surface area (Å²) in [4.78, 5) is 51.5. The van der Waals surface area contributed by atoms with Crippen LogP contribution in [-0.2, 0) is 4.74 Å². The fourth-order valence-electron chi connectivity index (χ4n) is 3.07. The molecule has 1 aromatic heterocycles. The molecule has 0 fully saturated rings. The molecule has 4 rings (SSSR count). The second kappa shape index (κ2) is 7.92. The minimum atomic E-state index is -0.747. The Morgan fingerprint density at radius 3 is 2.50 bits per heavy atom. The highest BCUT2D eigenvalue weighted by molar-refractivity contribution is 7.12. The first kappa shape index (κ1) is 19.5. The average molecular weight is 421 g/mol. The van der Waals surface area contributed by atoms with Gasteiger partial charge >= 0.3 is 5.97 Å². The molecule has 0 unspecified atom stereocenters. The summed E-state index contributed by atoms with van der Waals surface area (Å²) in [5.74, 6) is -1.59. The lowest BCUT2D eigenvalue weighted by Crippen LogP contribution is -2.29. The molecular formula is C22H15NO6S. The van der Waals surface area contributed by atoms with Crippen molar-refractivity contribution in [2.45, 2.75) is 0 Å². The first-order valence-corrected chi connectivity index (χ1v) is 9.78. The fraction of sp³-hybridized carbons (Fsp3) is 0.0909. The zero-order valence-corrected chi connectivity index (χ0v) is 16.6. The van der Waals surface area contributed by atoms with Crippen LogP contribution in [0.4, 0.5) is 5.69 Å². The number of imide groups is 1. The minimum Gasteiger partial charge on any atom is -0.497 e. The number of ether oxygens (including phenoxy) is 2. The van der Waals surface area contributed by atoms with Gasteiger partial charge in [-0.25, -0.2) is 9.69 Å². The van der Waals surface area contributed by atoms with Crippen molar-refractivity contribution >= 4 is 40.6 Å². The van der Waals surface area contributed by atoms with Gasteiger partial charge in [-0.3, -0.25) is 14.4 Å². The molecule has 2 aromatic carbocycles. The summed E-state index contributed by atoms with van der Waals surface area (Å²) < 4.78 is 10.2. The Morgan fingerprint density at radius 2 is 1.77 bits per heavy atom. The number of carbonyl (C=O) groups excluding carboxylic acids is 4. The van der Waals surface area contributed by atoms with Gasteiger partial charge in [-0.05, 0) is 41.8 Å². The van der Waals surface area contributed by atoms with Gasteiger partial charge < -0.3 is 9.47 Å². The van der Waals surface area contributed by atoms with E-state index in [0.717, 1.165) is 4.90 Å². The molecular weight excluding hydrogens is 406 g/mol. The summed E-state index contributed by atoms with van der Waals surface area (Å²) in [6.45, 7) is -0.404. The second-order valence-electron chi connectivity index (χ2n) is 6.38. The topological polar surface area (TPSA) is 90.0 Å². The molecule has 0 bridgehead atoms. The lowest BCUT2D eigenvalue weighted by atomic mass is 10.1. The largest absolute Gasteiger partial charge is 0.497 e. The van der Waals surface area contributed by atoms with E-state index in [1.807, 2.05) is 0 Å². The number of hydrogen-bond donors (Lipinski definition) is 0. The molecule has 150 valence electrons. The van der Waals surface area contributed by atoms with Crippen molar-refractivity contribution in [3.63, 3.8) is 0 Å². The number of benzene rings is 2. The maximum atomic E-state index is 12.9. The molecule has 0 spiro atoms. The summed E-state index contributed by atoms with van der Waals surface area (Å²) >= 11 is 1.26. The molecule has 2 amide bonds. The lowest BCUT2D eigenvalue weighted by molar-refractivity contribution is 0.0475. The summed E-state index contributed by atoms with van der Waals surface area (Å²) in [6.07, 6.45) is 0. The van der Waals surface area contributed by atoms with Crippen LogP contribution >= 0.6 is 11.3 Å². The van der Waals surface area contributed by atoms with Crippen LogP contribution in [0.2, 0.25) is 0 Å². The van der Waals surface area contributed by atoms with Gasteiger partial charge in [0.1, 0.15) is 5.75 Å². The quantitative estimate of drug-likeness (QED) is 0.343. The Kier molecular flexibility index (Phi) is 5.16. The van der Waals surface area contributed by atoms with Crippen molar-refractivity contribution in [1.29, 1.82) is 0 Å². The van der Waals surface area contributed by atoms with Gasteiger partial charge in [0.25, 0.3) is 11.8 Å². The van der Waals surface area contributed by atoms with Gasteiger partial charge in [-0.15, -0.1) is 11.3 Å². The van der Waals surface area contributed by atoms with E-state index in [-0.39, 0.29) is 22.5 Å². The number of rotatable bonds is 6. The Bertz CT molecular complexity index is 1170. The predicted molar refractivity (Wildman–Crippen MR) is 110 cm³/mol. The van der Waals surface area contributed by atoms with Crippen molar-refractivity contribution in [3.8, 4) is 5.75 Å². The summed E-state index contributed by atoms with van der Waals surface area (Å²) in [5, 5.41) is 1.76. The second-order valence-corrected chi connectivity index (χ2v) is 7.33. The van der Waals surface area contributed by atoms with Gasteiger partial charge in [-0.2, -0.15) is 0 Å². The smallest absolute Gasteiger partial charge is 0.338 e. The van der Waals surface area contributed by atoms with Crippen molar-refractivity contribution in [2.75, 3.05) is 18.6 Å². The SMILES string of the molecule is COc1cccc(N2C(=O)c3ccc(C(=O)OCC(=O)c4cccs4)cc3C2=O)c1. The standard InChI is InChI=1S/C22H15NO6S/c1-28-15-5-2-4-14(11-15)23-20(25)16-8-7-13(10-17(16)21(23)26)22(27)29-12-18(24)19-6-3-9-30-19/h2-11H,12H2,1H3. The number of methoxy groups -OCH3 is 1. The maximum absolute atomic E-state index is 12.9. The first-order chi connectivity index (χ1) is 14.5. The molecule has 30 heavy (non-hydrogen) atoms. The molecule has 3 aromatic rings. The number of ketones is 1. The maximum Gasteiger partial charge on any atom is 0.338 e. The van der Waals surface area contributed by atoms with E-state index >= 15 is 0 Å². The van der Waals surface area contributed by atoms with Crippen LogP contribution in [0.25, 0.3) is 0 Å². The molecule has 0 aliphatic carbocycles. The molecule has 0 atom stereocenters. The van der Waals surface area contributed by atoms with E-state index in [0.29, 0.717) is 16.3 Å². The van der Waals surface area contributed by atoms with Crippen molar-refractivity contribution in [3.05, 3.63) is 81.5 Å². The van der Waals surface area contributed by atoms with Crippen molar-refractivity contribution in [2.24, 2.45) is 0 Å². The van der Waals surface area contributed by atoms with Gasteiger partial charge in [0, 0.05) is 6.07 Å². The Morgan fingerprint density at radius 1 is 0.967 bits per heavy atom. The van der Waals surface area contributed by atoms with Crippen LogP contribution < -0.4 is 9.64 Å². The highest BCUT2D eigenvalue weighted by atomic mass is 32.1. The van der Waals surface area contributed by atoms with E-state index in [2.05, 4.69) is 0 Å². The number of amides is 2. The Labute approximate surface area is 175 Å². The van der Waals surface area contributed by atoms with Crippen molar-refractivity contribution < 1.29 is 28.7 Å².